The Balaban J connectivity index is 1.41. The van der Waals surface area contributed by atoms with Crippen LogP contribution in [0.4, 0.5) is 5.13 Å². The molecule has 28 heavy (non-hydrogen) atoms. The highest BCUT2D eigenvalue weighted by atomic mass is 32.1. The highest BCUT2D eigenvalue weighted by molar-refractivity contribution is 7.23. The van der Waals surface area contributed by atoms with E-state index in [1.807, 2.05) is 60.7 Å². The summed E-state index contributed by atoms with van der Waals surface area (Å²) in [7, 11) is 0. The van der Waals surface area contributed by atoms with Gasteiger partial charge in [-0.2, -0.15) is 0 Å². The molecule has 0 aliphatic rings. The van der Waals surface area contributed by atoms with Crippen LogP contribution in [0.3, 0.4) is 0 Å². The Morgan fingerprint density at radius 1 is 0.750 bits per heavy atom. The predicted octanol–water partition coefficient (Wildman–Crippen LogP) is 6.37. The van der Waals surface area contributed by atoms with Gasteiger partial charge in [0, 0.05) is 10.9 Å². The van der Waals surface area contributed by atoms with Gasteiger partial charge in [0.05, 0.1) is 10.2 Å². The number of thiazole rings is 1. The standard InChI is InChI=1S/C24H16N2OS/c27-23(19-12-10-17(11-13-19)16-6-2-1-3-7-16)26-24-25-21-15-14-18-8-4-5-9-20(18)22(21)28-24/h1-15H,(H,25,26,27). The quantitative estimate of drug-likeness (QED) is 0.395. The summed E-state index contributed by atoms with van der Waals surface area (Å²) < 4.78 is 1.09. The van der Waals surface area contributed by atoms with E-state index in [0.29, 0.717) is 10.7 Å². The number of hydrogen-bond donors (Lipinski definition) is 1. The zero-order chi connectivity index (χ0) is 18.9. The summed E-state index contributed by atoms with van der Waals surface area (Å²) in [5.41, 5.74) is 3.73. The number of hydrogen-bond acceptors (Lipinski definition) is 3. The summed E-state index contributed by atoms with van der Waals surface area (Å²) in [4.78, 5) is 17.2. The molecule has 1 amide bonds. The van der Waals surface area contributed by atoms with Crippen molar-refractivity contribution >= 4 is 43.4 Å². The monoisotopic (exact) mass is 380 g/mol. The van der Waals surface area contributed by atoms with Gasteiger partial charge in [-0.3, -0.25) is 10.1 Å². The molecule has 0 spiro atoms. The zero-order valence-corrected chi connectivity index (χ0v) is 15.7. The van der Waals surface area contributed by atoms with Crippen LogP contribution in [-0.4, -0.2) is 10.9 Å². The van der Waals surface area contributed by atoms with Crippen molar-refractivity contribution in [1.29, 1.82) is 0 Å². The topological polar surface area (TPSA) is 42.0 Å². The fourth-order valence-corrected chi connectivity index (χ4v) is 4.32. The van der Waals surface area contributed by atoms with Gasteiger partial charge in [-0.15, -0.1) is 0 Å². The van der Waals surface area contributed by atoms with Crippen LogP contribution < -0.4 is 5.32 Å². The lowest BCUT2D eigenvalue weighted by atomic mass is 10.0. The van der Waals surface area contributed by atoms with Crippen LogP contribution in [0.5, 0.6) is 0 Å². The van der Waals surface area contributed by atoms with E-state index in [0.717, 1.165) is 26.7 Å². The van der Waals surface area contributed by atoms with Crippen LogP contribution >= 0.6 is 11.3 Å². The molecule has 0 radical (unpaired) electrons. The Morgan fingerprint density at radius 2 is 1.46 bits per heavy atom. The minimum absolute atomic E-state index is 0.150. The van der Waals surface area contributed by atoms with Crippen molar-refractivity contribution in [3.8, 4) is 11.1 Å². The van der Waals surface area contributed by atoms with Gasteiger partial charge in [0.1, 0.15) is 0 Å². The fourth-order valence-electron chi connectivity index (χ4n) is 3.32. The second-order valence-corrected chi connectivity index (χ2v) is 7.55. The first-order valence-corrected chi connectivity index (χ1v) is 9.85. The Bertz CT molecular complexity index is 1290. The lowest BCUT2D eigenvalue weighted by Crippen LogP contribution is -2.11. The average molecular weight is 380 g/mol. The Kier molecular flexibility index (Phi) is 4.11. The zero-order valence-electron chi connectivity index (χ0n) is 14.9. The number of anilines is 1. The minimum atomic E-state index is -0.150. The molecule has 0 fully saturated rings. The second kappa shape index (κ2) is 6.91. The molecule has 4 heteroatoms. The maximum atomic E-state index is 12.7. The molecule has 0 aliphatic heterocycles. The number of fused-ring (bicyclic) bond motifs is 3. The molecule has 0 atom stereocenters. The molecule has 1 heterocycles. The maximum absolute atomic E-state index is 12.7. The van der Waals surface area contributed by atoms with Crippen molar-refractivity contribution < 1.29 is 4.79 Å². The van der Waals surface area contributed by atoms with E-state index in [2.05, 4.69) is 40.6 Å². The lowest BCUT2D eigenvalue weighted by Gasteiger charge is -2.04. The second-order valence-electron chi connectivity index (χ2n) is 6.55. The van der Waals surface area contributed by atoms with Crippen LogP contribution in [0.15, 0.2) is 91.0 Å². The van der Waals surface area contributed by atoms with Crippen molar-refractivity contribution in [2.45, 2.75) is 0 Å². The van der Waals surface area contributed by atoms with Gasteiger partial charge in [-0.05, 0) is 34.7 Å². The van der Waals surface area contributed by atoms with Crippen molar-refractivity contribution in [1.82, 2.24) is 4.98 Å². The van der Waals surface area contributed by atoms with Crippen molar-refractivity contribution in [2.24, 2.45) is 0 Å². The molecule has 4 aromatic carbocycles. The van der Waals surface area contributed by atoms with E-state index in [9.17, 15) is 4.79 Å². The van der Waals surface area contributed by atoms with Gasteiger partial charge in [-0.1, -0.05) is 84.1 Å². The predicted molar refractivity (Wildman–Crippen MR) is 117 cm³/mol. The number of nitrogens with one attached hydrogen (secondary N) is 1. The average Bonchev–Trinajstić information content (AvgIpc) is 3.17. The molecule has 0 saturated carbocycles. The van der Waals surface area contributed by atoms with Gasteiger partial charge >= 0.3 is 0 Å². The highest BCUT2D eigenvalue weighted by Crippen LogP contribution is 2.32. The maximum Gasteiger partial charge on any atom is 0.257 e. The fraction of sp³-hybridized carbons (Fsp3) is 0. The van der Waals surface area contributed by atoms with E-state index in [4.69, 9.17) is 0 Å². The first-order valence-electron chi connectivity index (χ1n) is 9.03. The smallest absolute Gasteiger partial charge is 0.257 e. The molecule has 1 aromatic heterocycles. The number of carbonyl (C=O) groups excluding carboxylic acids is 1. The van der Waals surface area contributed by atoms with Crippen molar-refractivity contribution in [3.05, 3.63) is 96.6 Å². The summed E-state index contributed by atoms with van der Waals surface area (Å²) in [5.74, 6) is -0.150. The number of amides is 1. The lowest BCUT2D eigenvalue weighted by molar-refractivity contribution is 0.102. The third-order valence-corrected chi connectivity index (χ3v) is 5.77. The van der Waals surface area contributed by atoms with Gasteiger partial charge in [0.2, 0.25) is 0 Å². The normalized spacial score (nSPS) is 11.0. The van der Waals surface area contributed by atoms with Crippen molar-refractivity contribution in [3.63, 3.8) is 0 Å². The van der Waals surface area contributed by atoms with Crippen molar-refractivity contribution in [2.75, 3.05) is 5.32 Å². The largest absolute Gasteiger partial charge is 0.298 e. The van der Waals surface area contributed by atoms with Gasteiger partial charge in [0.15, 0.2) is 5.13 Å². The molecular weight excluding hydrogens is 364 g/mol. The van der Waals surface area contributed by atoms with E-state index in [-0.39, 0.29) is 5.91 Å². The number of aromatic nitrogens is 1. The molecule has 0 saturated heterocycles. The van der Waals surface area contributed by atoms with Crippen LogP contribution in [0, 0.1) is 0 Å². The molecular formula is C24H16N2OS. The SMILES string of the molecule is O=C(Nc1nc2ccc3ccccc3c2s1)c1ccc(-c2ccccc2)cc1. The van der Waals surface area contributed by atoms with Gasteiger partial charge in [-0.25, -0.2) is 4.98 Å². The summed E-state index contributed by atoms with van der Waals surface area (Å²) in [6.45, 7) is 0. The summed E-state index contributed by atoms with van der Waals surface area (Å²) in [6.07, 6.45) is 0. The molecule has 0 aliphatic carbocycles. The minimum Gasteiger partial charge on any atom is -0.298 e. The summed E-state index contributed by atoms with van der Waals surface area (Å²) in [6, 6.07) is 30.0. The number of nitrogens with zero attached hydrogens (tertiary/aromatic N) is 1. The van der Waals surface area contributed by atoms with E-state index in [1.54, 1.807) is 0 Å². The third-order valence-electron chi connectivity index (χ3n) is 4.75. The highest BCUT2D eigenvalue weighted by Gasteiger charge is 2.12. The van der Waals surface area contributed by atoms with E-state index < -0.39 is 0 Å². The van der Waals surface area contributed by atoms with Gasteiger partial charge in [0.25, 0.3) is 5.91 Å². The van der Waals surface area contributed by atoms with E-state index >= 15 is 0 Å². The number of rotatable bonds is 3. The van der Waals surface area contributed by atoms with E-state index in [1.165, 1.54) is 16.7 Å². The number of benzene rings is 4. The first-order chi connectivity index (χ1) is 13.8. The Labute approximate surface area is 166 Å². The molecule has 3 nitrogen and oxygen atoms in total. The third kappa shape index (κ3) is 3.04. The van der Waals surface area contributed by atoms with Crippen LogP contribution in [-0.2, 0) is 0 Å². The summed E-state index contributed by atoms with van der Waals surface area (Å²) >= 11 is 1.51. The molecule has 134 valence electrons. The summed E-state index contributed by atoms with van der Waals surface area (Å²) in [5, 5.41) is 5.89. The molecule has 1 N–H and O–H groups in total. The first kappa shape index (κ1) is 16.7. The molecule has 5 rings (SSSR count). The molecule has 0 bridgehead atoms. The van der Waals surface area contributed by atoms with Gasteiger partial charge < -0.3 is 0 Å². The Hall–Kier alpha value is -3.50. The molecule has 0 unspecified atom stereocenters. The number of carbonyl (C=O) groups is 1. The molecule has 5 aromatic rings. The van der Waals surface area contributed by atoms with Crippen LogP contribution in [0.25, 0.3) is 32.1 Å². The van der Waals surface area contributed by atoms with Crippen LogP contribution in [0.2, 0.25) is 0 Å². The Morgan fingerprint density at radius 3 is 2.29 bits per heavy atom. The van der Waals surface area contributed by atoms with Crippen LogP contribution in [0.1, 0.15) is 10.4 Å².